The van der Waals surface area contributed by atoms with Crippen molar-refractivity contribution in [3.8, 4) is 11.8 Å². The van der Waals surface area contributed by atoms with E-state index >= 15 is 0 Å². The molecule has 53 heavy (non-hydrogen) atoms. The molecule has 5 N–H and O–H groups in total. The molecule has 15 nitrogen and oxygen atoms in total. The molecule has 0 radical (unpaired) electrons. The van der Waals surface area contributed by atoms with Gasteiger partial charge in [0.2, 0.25) is 11.9 Å². The van der Waals surface area contributed by atoms with Crippen molar-refractivity contribution in [2.45, 2.75) is 30.6 Å². The summed E-state index contributed by atoms with van der Waals surface area (Å²) in [6, 6.07) is 17.2. The molecular formula is C34H32ClF3N8O7. The van der Waals surface area contributed by atoms with Gasteiger partial charge in [-0.05, 0) is 66.9 Å². The third-order valence-electron chi connectivity index (χ3n) is 7.70. The average molecular weight is 757 g/mol. The Kier molecular flexibility index (Phi) is 11.8. The number of benzene rings is 3. The second-order valence-electron chi connectivity index (χ2n) is 11.5. The number of rotatable bonds is 14. The topological polar surface area (TPSA) is 195 Å². The second-order valence-corrected chi connectivity index (χ2v) is 11.9. The number of carbonyl (C=O) groups is 4. The monoisotopic (exact) mass is 756 g/mol. The van der Waals surface area contributed by atoms with Crippen molar-refractivity contribution in [3.63, 3.8) is 0 Å². The number of hydrogen-bond donors (Lipinski definition) is 5. The first-order valence-corrected chi connectivity index (χ1v) is 16.1. The van der Waals surface area contributed by atoms with Crippen molar-refractivity contribution in [2.24, 2.45) is 0 Å². The number of anilines is 4. The van der Waals surface area contributed by atoms with Crippen LogP contribution >= 0.6 is 11.6 Å². The van der Waals surface area contributed by atoms with Crippen LogP contribution in [0.2, 0.25) is 5.02 Å². The number of halogens is 4. The van der Waals surface area contributed by atoms with Gasteiger partial charge in [-0.2, -0.15) is 28.1 Å². The molecule has 5 rings (SSSR count). The van der Waals surface area contributed by atoms with Gasteiger partial charge in [0.25, 0.3) is 5.91 Å². The number of nitrogens with one attached hydrogen (secondary N) is 5. The van der Waals surface area contributed by atoms with Gasteiger partial charge in [-0.25, -0.2) is 4.79 Å². The van der Waals surface area contributed by atoms with E-state index in [1.807, 2.05) is 12.1 Å². The maximum Gasteiger partial charge on any atom is 0.422 e. The van der Waals surface area contributed by atoms with Crippen LogP contribution in [-0.4, -0.2) is 78.2 Å². The van der Waals surface area contributed by atoms with Gasteiger partial charge in [-0.1, -0.05) is 35.9 Å². The molecule has 1 saturated carbocycles. The van der Waals surface area contributed by atoms with Crippen LogP contribution in [0, 0.1) is 0 Å². The zero-order valence-electron chi connectivity index (χ0n) is 28.0. The lowest BCUT2D eigenvalue weighted by atomic mass is 10.1. The summed E-state index contributed by atoms with van der Waals surface area (Å²) in [5.74, 6) is -3.63. The van der Waals surface area contributed by atoms with Crippen LogP contribution in [0.25, 0.3) is 0 Å². The first-order valence-electron chi connectivity index (χ1n) is 15.8. The van der Waals surface area contributed by atoms with Gasteiger partial charge in [-0.3, -0.25) is 14.4 Å². The van der Waals surface area contributed by atoms with Gasteiger partial charge in [0, 0.05) is 22.8 Å². The number of nitrogens with zero attached hydrogens (tertiary/aromatic N) is 3. The molecule has 1 aromatic heterocycles. The summed E-state index contributed by atoms with van der Waals surface area (Å²) in [6.45, 7) is -2.11. The second kappa shape index (κ2) is 16.4. The molecule has 278 valence electrons. The van der Waals surface area contributed by atoms with Crippen LogP contribution in [0.15, 0.2) is 72.8 Å². The van der Waals surface area contributed by atoms with Crippen LogP contribution in [0.3, 0.4) is 0 Å². The maximum absolute atomic E-state index is 13.0. The van der Waals surface area contributed by atoms with Crippen LogP contribution in [0.1, 0.15) is 28.8 Å². The number of aromatic nitrogens is 3. The van der Waals surface area contributed by atoms with Gasteiger partial charge in [0.05, 0.1) is 25.4 Å². The predicted octanol–water partition coefficient (Wildman–Crippen LogP) is 4.35. The van der Waals surface area contributed by atoms with Crippen molar-refractivity contribution in [1.29, 1.82) is 0 Å². The Morgan fingerprint density at radius 3 is 2.21 bits per heavy atom. The summed E-state index contributed by atoms with van der Waals surface area (Å²) in [5.41, 5.74) is 0.977. The van der Waals surface area contributed by atoms with E-state index in [0.717, 1.165) is 12.7 Å². The number of amides is 3. The maximum atomic E-state index is 13.0. The summed E-state index contributed by atoms with van der Waals surface area (Å²) in [6.07, 6.45) is -3.24. The number of alkyl halides is 3. The largest absolute Gasteiger partial charge is 0.495 e. The van der Waals surface area contributed by atoms with E-state index in [1.54, 1.807) is 30.3 Å². The Balaban J connectivity index is 1.24. The summed E-state index contributed by atoms with van der Waals surface area (Å²) in [5, 5.41) is 13.7. The molecule has 0 aliphatic heterocycles. The molecule has 1 heterocycles. The third-order valence-corrected chi connectivity index (χ3v) is 7.95. The van der Waals surface area contributed by atoms with E-state index in [2.05, 4.69) is 41.5 Å². The fraction of sp³-hybridized carbons (Fsp3) is 0.265. The highest BCUT2D eigenvalue weighted by Gasteiger charge is 2.45. The highest BCUT2D eigenvalue weighted by atomic mass is 35.5. The number of methoxy groups -OCH3 is 2. The lowest BCUT2D eigenvalue weighted by molar-refractivity contribution is -0.154. The van der Waals surface area contributed by atoms with E-state index in [9.17, 15) is 32.3 Å². The fourth-order valence-corrected chi connectivity index (χ4v) is 5.01. The van der Waals surface area contributed by atoms with Crippen molar-refractivity contribution in [2.75, 3.05) is 43.3 Å². The third kappa shape index (κ3) is 10.4. The summed E-state index contributed by atoms with van der Waals surface area (Å²) in [4.78, 5) is 62.6. The molecule has 3 aromatic carbocycles. The van der Waals surface area contributed by atoms with Crippen LogP contribution in [0.5, 0.6) is 11.8 Å². The molecule has 19 heteroatoms. The Bertz CT molecular complexity index is 1960. The normalized spacial score (nSPS) is 13.5. The Labute approximate surface area is 305 Å². The highest BCUT2D eigenvalue weighted by molar-refractivity contribution is 6.39. The van der Waals surface area contributed by atoms with Crippen molar-refractivity contribution in [3.05, 3.63) is 88.9 Å². The molecule has 3 amide bonds. The first-order chi connectivity index (χ1) is 25.3. The number of ether oxygens (including phenoxy) is 3. The molecule has 0 saturated heterocycles. The van der Waals surface area contributed by atoms with Gasteiger partial charge >= 0.3 is 30.0 Å². The van der Waals surface area contributed by atoms with Crippen molar-refractivity contribution < 1.29 is 46.6 Å². The predicted molar refractivity (Wildman–Crippen MR) is 185 cm³/mol. The number of esters is 1. The quantitative estimate of drug-likeness (QED) is 0.0904. The lowest BCUT2D eigenvalue weighted by Gasteiger charge is -2.19. The van der Waals surface area contributed by atoms with Gasteiger partial charge in [0.1, 0.15) is 11.8 Å². The Morgan fingerprint density at radius 2 is 1.57 bits per heavy atom. The molecule has 1 fully saturated rings. The molecule has 4 aromatic rings. The molecule has 0 unspecified atom stereocenters. The lowest BCUT2D eigenvalue weighted by Crippen LogP contribution is -2.50. The summed E-state index contributed by atoms with van der Waals surface area (Å²) < 4.78 is 53.5. The van der Waals surface area contributed by atoms with Crippen LogP contribution in [-0.2, 0) is 24.7 Å². The van der Waals surface area contributed by atoms with E-state index in [4.69, 9.17) is 25.8 Å². The van der Waals surface area contributed by atoms with E-state index in [0.29, 0.717) is 29.3 Å². The molecule has 0 spiro atoms. The zero-order valence-corrected chi connectivity index (χ0v) is 28.8. The van der Waals surface area contributed by atoms with Crippen LogP contribution in [0.4, 0.5) is 36.4 Å². The fourth-order valence-electron chi connectivity index (χ4n) is 4.89. The minimum atomic E-state index is -4.64. The minimum absolute atomic E-state index is 0.0404. The summed E-state index contributed by atoms with van der Waals surface area (Å²) >= 11 is 6.02. The van der Waals surface area contributed by atoms with E-state index in [-0.39, 0.29) is 23.1 Å². The number of para-hydroxylation sites is 2. The van der Waals surface area contributed by atoms with Crippen molar-refractivity contribution >= 4 is 58.6 Å². The minimum Gasteiger partial charge on any atom is -0.495 e. The van der Waals surface area contributed by atoms with Crippen LogP contribution < -0.4 is 36.1 Å². The van der Waals surface area contributed by atoms with Gasteiger partial charge in [-0.15, -0.1) is 0 Å². The molecule has 1 atom stereocenters. The number of hydrogen-bond acceptors (Lipinski definition) is 12. The molecule has 1 aliphatic carbocycles. The zero-order chi connectivity index (χ0) is 38.2. The van der Waals surface area contributed by atoms with Gasteiger partial charge in [0.15, 0.2) is 6.61 Å². The Hall–Kier alpha value is -6.17. The van der Waals surface area contributed by atoms with E-state index in [1.165, 1.54) is 37.4 Å². The first kappa shape index (κ1) is 38.1. The average Bonchev–Trinajstić information content (AvgIpc) is 3.92. The standard InChI is InChI=1S/C34H32ClF3N8O7/c1-51-25-6-4-3-5-23(25)41-28(49)27(48)39-17-24(29(50)52-2)42-26(47)19-7-13-22(14-8-19)40-30-43-31(45-32(44-30)53-18-34(36,37)38)46-33(15-16-33)20-9-11-21(35)12-10-20/h3-14,24H,15-18H2,1-2H3,(H,39,48)(H,41,49)(H,42,47)(H2,40,43,44,45,46)/t24-/m0/s1. The molecule has 0 bridgehead atoms. The Morgan fingerprint density at radius 1 is 0.887 bits per heavy atom. The molecule has 1 aliphatic rings. The number of carbonyl (C=O) groups excluding carboxylic acids is 4. The van der Waals surface area contributed by atoms with E-state index < -0.39 is 60.6 Å². The highest BCUT2D eigenvalue weighted by Crippen LogP contribution is 2.48. The smallest absolute Gasteiger partial charge is 0.422 e. The molecular weight excluding hydrogens is 725 g/mol. The van der Waals surface area contributed by atoms with Gasteiger partial charge < -0.3 is 40.8 Å². The summed E-state index contributed by atoms with van der Waals surface area (Å²) in [7, 11) is 2.48. The SMILES string of the molecule is COC(=O)[C@H](CNC(=O)C(=O)Nc1ccccc1OC)NC(=O)c1ccc(Nc2nc(NC3(c4ccc(Cl)cc4)CC3)nc(OCC(F)(F)F)n2)cc1. The van der Waals surface area contributed by atoms with Crippen molar-refractivity contribution in [1.82, 2.24) is 25.6 Å².